The Morgan fingerprint density at radius 1 is 1.19 bits per heavy atom. The van der Waals surface area contributed by atoms with Crippen molar-refractivity contribution >= 4 is 32.8 Å². The van der Waals surface area contributed by atoms with Crippen molar-refractivity contribution < 1.29 is 13.7 Å². The maximum atomic E-state index is 13.2. The number of halogens is 1. The summed E-state index contributed by atoms with van der Waals surface area (Å²) in [6.45, 7) is 3.68. The van der Waals surface area contributed by atoms with Gasteiger partial charge in [-0.05, 0) is 38.0 Å². The molecule has 3 aromatic rings. The highest BCUT2D eigenvalue weighted by Gasteiger charge is 2.39. The molecule has 0 spiro atoms. The van der Waals surface area contributed by atoms with Crippen LogP contribution in [0.2, 0.25) is 0 Å². The van der Waals surface area contributed by atoms with Gasteiger partial charge in [-0.25, -0.2) is 0 Å². The Morgan fingerprint density at radius 3 is 2.59 bits per heavy atom. The molecule has 1 fully saturated rings. The molecule has 1 aliphatic carbocycles. The lowest BCUT2D eigenvalue weighted by Gasteiger charge is -2.30. The van der Waals surface area contributed by atoms with Gasteiger partial charge in [-0.2, -0.15) is 4.98 Å². The largest absolute Gasteiger partial charge is 0.451 e. The number of amides is 1. The van der Waals surface area contributed by atoms with Crippen molar-refractivity contribution in [2.24, 2.45) is 0 Å². The van der Waals surface area contributed by atoms with Gasteiger partial charge in [0.25, 0.3) is 5.91 Å². The minimum Gasteiger partial charge on any atom is -0.451 e. The lowest BCUT2D eigenvalue weighted by Crippen LogP contribution is -2.46. The molecule has 4 rings (SSSR count). The second-order valence-electron chi connectivity index (χ2n) is 7.28. The van der Waals surface area contributed by atoms with E-state index in [1.54, 1.807) is 6.92 Å². The number of aromatic nitrogens is 2. The number of nitrogens with zero attached hydrogens (tertiary/aromatic N) is 2. The molecular formula is C20H22BrN3O3. The van der Waals surface area contributed by atoms with Crippen LogP contribution in [-0.2, 0) is 5.54 Å². The zero-order chi connectivity index (χ0) is 19.0. The maximum absolute atomic E-state index is 13.2. The molecule has 1 aliphatic rings. The Balaban J connectivity index is 1.71. The van der Waals surface area contributed by atoms with Gasteiger partial charge in [0.2, 0.25) is 5.89 Å². The van der Waals surface area contributed by atoms with Crippen molar-refractivity contribution in [2.75, 3.05) is 0 Å². The minimum atomic E-state index is -0.614. The summed E-state index contributed by atoms with van der Waals surface area (Å²) in [6.07, 6.45) is 5.91. The zero-order valence-corrected chi connectivity index (χ0v) is 17.1. The van der Waals surface area contributed by atoms with Gasteiger partial charge >= 0.3 is 0 Å². The number of carbonyl (C=O) groups is 1. The third-order valence-corrected chi connectivity index (χ3v) is 5.86. The van der Waals surface area contributed by atoms with Crippen LogP contribution >= 0.6 is 15.9 Å². The van der Waals surface area contributed by atoms with Gasteiger partial charge in [-0.1, -0.05) is 46.8 Å². The van der Waals surface area contributed by atoms with Gasteiger partial charge in [0, 0.05) is 22.3 Å². The quantitative estimate of drug-likeness (QED) is 0.578. The summed E-state index contributed by atoms with van der Waals surface area (Å²) in [5, 5.41) is 8.27. The van der Waals surface area contributed by atoms with Crippen LogP contribution in [0.1, 0.15) is 66.4 Å². The molecule has 6 nitrogen and oxygen atoms in total. The Kier molecular flexibility index (Phi) is 4.80. The van der Waals surface area contributed by atoms with E-state index in [1.807, 2.05) is 25.1 Å². The van der Waals surface area contributed by atoms with E-state index in [2.05, 4.69) is 31.4 Å². The molecule has 1 N–H and O–H groups in total. The summed E-state index contributed by atoms with van der Waals surface area (Å²) < 4.78 is 12.0. The number of nitrogens with one attached hydrogen (secondary N) is 1. The molecule has 0 radical (unpaired) electrons. The first-order valence-electron chi connectivity index (χ1n) is 9.30. The average Bonchev–Trinajstić information content (AvgIpc) is 3.13. The highest BCUT2D eigenvalue weighted by atomic mass is 79.9. The number of aryl methyl sites for hydroxylation is 2. The van der Waals surface area contributed by atoms with Gasteiger partial charge in [0.05, 0.1) is 0 Å². The highest BCUT2D eigenvalue weighted by Crippen LogP contribution is 2.36. The fourth-order valence-electron chi connectivity index (χ4n) is 3.91. The smallest absolute Gasteiger partial charge is 0.288 e. The Morgan fingerprint density at radius 2 is 1.93 bits per heavy atom. The van der Waals surface area contributed by atoms with E-state index in [0.29, 0.717) is 23.1 Å². The Labute approximate surface area is 165 Å². The van der Waals surface area contributed by atoms with Crippen LogP contribution in [0.15, 0.2) is 31.6 Å². The fraction of sp³-hybridized carbons (Fsp3) is 0.450. The SMILES string of the molecule is Cc1nc(C2(NC(=O)c3oc4ccc(Br)cc4c3C)CCCCCC2)no1. The van der Waals surface area contributed by atoms with E-state index in [0.717, 1.165) is 53.9 Å². The van der Waals surface area contributed by atoms with Crippen molar-refractivity contribution in [2.45, 2.75) is 57.9 Å². The number of hydrogen-bond acceptors (Lipinski definition) is 5. The van der Waals surface area contributed by atoms with E-state index < -0.39 is 5.54 Å². The summed E-state index contributed by atoms with van der Waals surface area (Å²) >= 11 is 3.47. The van der Waals surface area contributed by atoms with Crippen molar-refractivity contribution in [1.82, 2.24) is 15.5 Å². The number of furan rings is 1. The van der Waals surface area contributed by atoms with Gasteiger partial charge in [-0.15, -0.1) is 0 Å². The molecule has 0 unspecified atom stereocenters. The first-order chi connectivity index (χ1) is 13.0. The zero-order valence-electron chi connectivity index (χ0n) is 15.5. The van der Waals surface area contributed by atoms with Crippen LogP contribution in [-0.4, -0.2) is 16.0 Å². The molecule has 142 valence electrons. The van der Waals surface area contributed by atoms with Crippen molar-refractivity contribution in [3.63, 3.8) is 0 Å². The molecule has 7 heteroatoms. The summed E-state index contributed by atoms with van der Waals surface area (Å²) in [5.74, 6) is 1.18. The van der Waals surface area contributed by atoms with Crippen LogP contribution in [0, 0.1) is 13.8 Å². The third kappa shape index (κ3) is 3.40. The van der Waals surface area contributed by atoms with Gasteiger partial charge in [0.1, 0.15) is 11.1 Å². The van der Waals surface area contributed by atoms with E-state index >= 15 is 0 Å². The maximum Gasteiger partial charge on any atom is 0.288 e. The minimum absolute atomic E-state index is 0.232. The van der Waals surface area contributed by atoms with Crippen LogP contribution in [0.5, 0.6) is 0 Å². The summed E-state index contributed by atoms with van der Waals surface area (Å²) in [6, 6.07) is 5.74. The van der Waals surface area contributed by atoms with Crippen LogP contribution < -0.4 is 5.32 Å². The predicted octanol–water partition coefficient (Wildman–Crippen LogP) is 5.17. The van der Waals surface area contributed by atoms with Crippen LogP contribution in [0.3, 0.4) is 0 Å². The second kappa shape index (κ2) is 7.11. The number of fused-ring (bicyclic) bond motifs is 1. The topological polar surface area (TPSA) is 81.2 Å². The lowest BCUT2D eigenvalue weighted by atomic mass is 9.89. The Bertz CT molecular complexity index is 984. The van der Waals surface area contributed by atoms with Crippen LogP contribution in [0.25, 0.3) is 11.0 Å². The predicted molar refractivity (Wildman–Crippen MR) is 105 cm³/mol. The summed E-state index contributed by atoms with van der Waals surface area (Å²) in [4.78, 5) is 17.6. The number of rotatable bonds is 3. The second-order valence-corrected chi connectivity index (χ2v) is 8.20. The van der Waals surface area contributed by atoms with Gasteiger partial charge in [0.15, 0.2) is 11.6 Å². The van der Waals surface area contributed by atoms with Crippen molar-refractivity contribution in [3.8, 4) is 0 Å². The van der Waals surface area contributed by atoms with Crippen molar-refractivity contribution in [3.05, 3.63) is 45.7 Å². The molecule has 2 heterocycles. The first kappa shape index (κ1) is 18.2. The molecule has 1 aromatic carbocycles. The fourth-order valence-corrected chi connectivity index (χ4v) is 4.28. The van der Waals surface area contributed by atoms with Gasteiger partial charge in [-0.3, -0.25) is 4.79 Å². The molecule has 0 bridgehead atoms. The van der Waals surface area contributed by atoms with Gasteiger partial charge < -0.3 is 14.3 Å². The number of hydrogen-bond donors (Lipinski definition) is 1. The first-order valence-corrected chi connectivity index (χ1v) is 10.1. The molecule has 2 aromatic heterocycles. The highest BCUT2D eigenvalue weighted by molar-refractivity contribution is 9.10. The lowest BCUT2D eigenvalue weighted by molar-refractivity contribution is 0.0849. The molecule has 1 amide bonds. The third-order valence-electron chi connectivity index (χ3n) is 5.37. The van der Waals surface area contributed by atoms with E-state index in [-0.39, 0.29) is 5.91 Å². The molecule has 0 aliphatic heterocycles. The summed E-state index contributed by atoms with van der Waals surface area (Å²) in [5.41, 5.74) is 0.917. The monoisotopic (exact) mass is 431 g/mol. The van der Waals surface area contributed by atoms with E-state index in [1.165, 1.54) is 0 Å². The standard InChI is InChI=1S/C20H22BrN3O3/c1-12-15-11-14(21)7-8-16(15)26-17(12)18(25)23-20(9-5-3-4-6-10-20)19-22-13(2)27-24-19/h7-8,11H,3-6,9-10H2,1-2H3,(H,23,25). The Hall–Kier alpha value is -2.15. The summed E-state index contributed by atoms with van der Waals surface area (Å²) in [7, 11) is 0. The average molecular weight is 432 g/mol. The van der Waals surface area contributed by atoms with E-state index in [9.17, 15) is 4.79 Å². The number of carbonyl (C=O) groups excluding carboxylic acids is 1. The molecule has 1 saturated carbocycles. The molecule has 27 heavy (non-hydrogen) atoms. The molecule has 0 saturated heterocycles. The number of benzene rings is 1. The van der Waals surface area contributed by atoms with Crippen LogP contribution in [0.4, 0.5) is 0 Å². The molecular weight excluding hydrogens is 410 g/mol. The molecule has 0 atom stereocenters. The van der Waals surface area contributed by atoms with E-state index in [4.69, 9.17) is 8.94 Å². The normalized spacial score (nSPS) is 17.0. The van der Waals surface area contributed by atoms with Crippen molar-refractivity contribution in [1.29, 1.82) is 0 Å².